The summed E-state index contributed by atoms with van der Waals surface area (Å²) in [6.07, 6.45) is 0.839. The number of methoxy groups -OCH3 is 2. The van der Waals surface area contributed by atoms with Crippen molar-refractivity contribution in [2.75, 3.05) is 46.2 Å². The molecule has 0 bridgehead atoms. The molecule has 1 heterocycles. The number of halogens is 2. The van der Waals surface area contributed by atoms with Crippen LogP contribution in [-0.4, -0.2) is 61.9 Å². The highest BCUT2D eigenvalue weighted by Gasteiger charge is 2.31. The molecule has 168 valence electrons. The zero-order valence-corrected chi connectivity index (χ0v) is 20.2. The van der Waals surface area contributed by atoms with Gasteiger partial charge in [0, 0.05) is 49.1 Å². The Kier molecular flexibility index (Phi) is 9.35. The minimum atomic E-state index is 0.0263. The molecule has 5 nitrogen and oxygen atoms in total. The number of carbonyl (C=O) groups is 1. The number of hydrogen-bond donors (Lipinski definition) is 0. The van der Waals surface area contributed by atoms with Crippen LogP contribution < -0.4 is 4.74 Å². The van der Waals surface area contributed by atoms with Gasteiger partial charge in [-0.2, -0.15) is 0 Å². The lowest BCUT2D eigenvalue weighted by molar-refractivity contribution is -0.132. The van der Waals surface area contributed by atoms with E-state index in [-0.39, 0.29) is 11.3 Å². The molecule has 3 rings (SSSR count). The molecule has 0 saturated carbocycles. The fourth-order valence-corrected chi connectivity index (χ4v) is 5.34. The summed E-state index contributed by atoms with van der Waals surface area (Å²) >= 11 is 14.2. The number of nitrogens with zero attached hydrogens (tertiary/aromatic N) is 2. The van der Waals surface area contributed by atoms with Crippen molar-refractivity contribution in [1.82, 2.24) is 9.80 Å². The zero-order chi connectivity index (χ0) is 22.2. The van der Waals surface area contributed by atoms with Crippen molar-refractivity contribution in [3.8, 4) is 5.75 Å². The maximum atomic E-state index is 13.3. The molecular formula is C23H28Cl2N2O3S. The minimum absolute atomic E-state index is 0.0263. The summed E-state index contributed by atoms with van der Waals surface area (Å²) in [5.41, 5.74) is 2.07. The lowest BCUT2D eigenvalue weighted by Crippen LogP contribution is -2.40. The summed E-state index contributed by atoms with van der Waals surface area (Å²) in [7, 11) is 3.34. The molecule has 0 radical (unpaired) electrons. The third-order valence-corrected chi connectivity index (χ3v) is 7.05. The molecule has 0 N–H and O–H groups in total. The van der Waals surface area contributed by atoms with Gasteiger partial charge in [-0.25, -0.2) is 0 Å². The number of benzene rings is 2. The Labute approximate surface area is 198 Å². The summed E-state index contributed by atoms with van der Waals surface area (Å²) in [5.74, 6) is 1.86. The summed E-state index contributed by atoms with van der Waals surface area (Å²) < 4.78 is 10.5. The normalized spacial score (nSPS) is 16.2. The Bertz CT molecular complexity index is 866. The highest BCUT2D eigenvalue weighted by atomic mass is 35.5. The number of rotatable bonds is 10. The molecular weight excluding hydrogens is 455 g/mol. The van der Waals surface area contributed by atoms with Crippen molar-refractivity contribution < 1.29 is 14.3 Å². The van der Waals surface area contributed by atoms with Crippen LogP contribution in [0.3, 0.4) is 0 Å². The molecule has 2 aromatic carbocycles. The van der Waals surface area contributed by atoms with Crippen molar-refractivity contribution in [3.63, 3.8) is 0 Å². The first-order chi connectivity index (χ1) is 15.0. The molecule has 2 aromatic rings. The first kappa shape index (κ1) is 24.2. The Hall–Kier alpha value is -1.44. The molecule has 0 aromatic heterocycles. The second-order valence-electron chi connectivity index (χ2n) is 7.38. The number of amides is 1. The average Bonchev–Trinajstić information content (AvgIpc) is 3.26. The van der Waals surface area contributed by atoms with Crippen LogP contribution in [0, 0.1) is 0 Å². The van der Waals surface area contributed by atoms with Gasteiger partial charge < -0.3 is 14.4 Å². The van der Waals surface area contributed by atoms with E-state index in [1.807, 2.05) is 41.3 Å². The maximum Gasteiger partial charge on any atom is 0.237 e. The van der Waals surface area contributed by atoms with Crippen LogP contribution in [0.4, 0.5) is 0 Å². The van der Waals surface area contributed by atoms with Gasteiger partial charge in [0.25, 0.3) is 0 Å². The second-order valence-corrected chi connectivity index (χ2v) is 9.41. The molecule has 31 heavy (non-hydrogen) atoms. The van der Waals surface area contributed by atoms with Gasteiger partial charge >= 0.3 is 0 Å². The predicted molar refractivity (Wildman–Crippen MR) is 128 cm³/mol. The fourth-order valence-electron chi connectivity index (χ4n) is 3.59. The summed E-state index contributed by atoms with van der Waals surface area (Å²) in [6.45, 7) is 3.04. The van der Waals surface area contributed by atoms with Crippen molar-refractivity contribution in [2.24, 2.45) is 0 Å². The smallest absolute Gasteiger partial charge is 0.237 e. The highest BCUT2D eigenvalue weighted by Crippen LogP contribution is 2.38. The van der Waals surface area contributed by atoms with Crippen LogP contribution in [0.25, 0.3) is 0 Å². The zero-order valence-electron chi connectivity index (χ0n) is 17.9. The van der Waals surface area contributed by atoms with Gasteiger partial charge in [0.15, 0.2) is 0 Å². The lowest BCUT2D eigenvalue weighted by Gasteiger charge is -2.28. The predicted octanol–water partition coefficient (Wildman–Crippen LogP) is 5.11. The van der Waals surface area contributed by atoms with Crippen LogP contribution >= 0.6 is 35.0 Å². The van der Waals surface area contributed by atoms with Gasteiger partial charge in [-0.1, -0.05) is 41.4 Å². The molecule has 8 heteroatoms. The summed E-state index contributed by atoms with van der Waals surface area (Å²) in [4.78, 5) is 17.4. The van der Waals surface area contributed by atoms with Gasteiger partial charge in [-0.3, -0.25) is 9.69 Å². The molecule has 0 spiro atoms. The number of thioether (sulfide) groups is 1. The van der Waals surface area contributed by atoms with Crippen molar-refractivity contribution >= 4 is 40.9 Å². The third-order valence-electron chi connectivity index (χ3n) is 5.20. The van der Waals surface area contributed by atoms with E-state index in [1.165, 1.54) is 0 Å². The monoisotopic (exact) mass is 482 g/mol. The quantitative estimate of drug-likeness (QED) is 0.439. The Morgan fingerprint density at radius 1 is 1.19 bits per heavy atom. The van der Waals surface area contributed by atoms with Crippen LogP contribution in [0.5, 0.6) is 5.75 Å². The van der Waals surface area contributed by atoms with E-state index in [9.17, 15) is 4.79 Å². The maximum absolute atomic E-state index is 13.3. The van der Waals surface area contributed by atoms with Crippen molar-refractivity contribution in [3.05, 3.63) is 63.6 Å². The van der Waals surface area contributed by atoms with E-state index in [1.54, 1.807) is 32.0 Å². The van der Waals surface area contributed by atoms with Crippen molar-refractivity contribution in [2.45, 2.75) is 18.3 Å². The number of hydrogen-bond acceptors (Lipinski definition) is 5. The largest absolute Gasteiger partial charge is 0.497 e. The average molecular weight is 483 g/mol. The second kappa shape index (κ2) is 12.0. The lowest BCUT2D eigenvalue weighted by atomic mass is 10.2. The number of carbonyl (C=O) groups excluding carboxylic acids is 1. The van der Waals surface area contributed by atoms with Gasteiger partial charge in [0.05, 0.1) is 13.7 Å². The van der Waals surface area contributed by atoms with E-state index in [0.717, 1.165) is 42.1 Å². The minimum Gasteiger partial charge on any atom is -0.497 e. The van der Waals surface area contributed by atoms with E-state index in [2.05, 4.69) is 4.90 Å². The molecule has 1 aliphatic heterocycles. The van der Waals surface area contributed by atoms with Crippen molar-refractivity contribution in [1.29, 1.82) is 0 Å². The van der Waals surface area contributed by atoms with Crippen LogP contribution in [0.1, 0.15) is 22.9 Å². The van der Waals surface area contributed by atoms with Gasteiger partial charge in [-0.05, 0) is 41.8 Å². The molecule has 1 fully saturated rings. The highest BCUT2D eigenvalue weighted by molar-refractivity contribution is 7.99. The molecule has 1 amide bonds. The first-order valence-electron chi connectivity index (χ1n) is 10.2. The van der Waals surface area contributed by atoms with Crippen LogP contribution in [0.15, 0.2) is 42.5 Å². The van der Waals surface area contributed by atoms with E-state index < -0.39 is 0 Å². The fraction of sp³-hybridized carbons (Fsp3) is 0.435. The Morgan fingerprint density at radius 2 is 1.97 bits per heavy atom. The molecule has 0 aliphatic carbocycles. The summed E-state index contributed by atoms with van der Waals surface area (Å²) in [5, 5.41) is 1.25. The Balaban J connectivity index is 1.70. The van der Waals surface area contributed by atoms with Crippen LogP contribution in [-0.2, 0) is 16.1 Å². The molecule has 0 unspecified atom stereocenters. The molecule has 1 aliphatic rings. The molecule has 1 atom stereocenters. The number of ether oxygens (including phenoxy) is 2. The van der Waals surface area contributed by atoms with Crippen LogP contribution in [0.2, 0.25) is 10.0 Å². The van der Waals surface area contributed by atoms with E-state index >= 15 is 0 Å². The van der Waals surface area contributed by atoms with E-state index in [0.29, 0.717) is 29.7 Å². The SMILES string of the molecule is COCCCN(CC(=O)N1CCS[C@H]1c1ccc(OC)cc1)Cc1ccc(Cl)cc1Cl. The third kappa shape index (κ3) is 6.77. The topological polar surface area (TPSA) is 42.0 Å². The van der Waals surface area contributed by atoms with Gasteiger partial charge in [0.1, 0.15) is 11.1 Å². The Morgan fingerprint density at radius 3 is 2.65 bits per heavy atom. The van der Waals surface area contributed by atoms with Gasteiger partial charge in [-0.15, -0.1) is 11.8 Å². The standard InChI is InChI=1S/C23H28Cl2N2O3S/c1-29-12-3-10-26(15-18-4-7-19(24)14-21(18)25)16-22(28)27-11-13-31-23(27)17-5-8-20(30-2)9-6-17/h4-9,14,23H,3,10-13,15-16H2,1-2H3/t23-/m0/s1. The summed E-state index contributed by atoms with van der Waals surface area (Å²) in [6, 6.07) is 13.4. The van der Waals surface area contributed by atoms with Gasteiger partial charge in [0.2, 0.25) is 5.91 Å². The van der Waals surface area contributed by atoms with E-state index in [4.69, 9.17) is 32.7 Å². The molecule has 1 saturated heterocycles. The first-order valence-corrected chi connectivity index (χ1v) is 12.0.